The fourth-order valence-electron chi connectivity index (χ4n) is 4.03. The first-order valence-corrected chi connectivity index (χ1v) is 9.84. The minimum Gasteiger partial charge on any atom is -0.473 e. The quantitative estimate of drug-likeness (QED) is 0.754. The number of carbonyl (C=O) groups is 2. The van der Waals surface area contributed by atoms with Crippen LogP contribution < -0.4 is 9.47 Å². The van der Waals surface area contributed by atoms with Crippen molar-refractivity contribution in [2.75, 3.05) is 33.0 Å². The number of fused-ring (bicyclic) bond motifs is 1. The van der Waals surface area contributed by atoms with Gasteiger partial charge >= 0.3 is 11.9 Å². The maximum absolute atomic E-state index is 9.10. The number of aliphatic carboxylic acids is 2. The average Bonchev–Trinajstić information content (AvgIpc) is 3.17. The molecule has 3 aliphatic rings. The maximum Gasteiger partial charge on any atom is 0.414 e. The molecule has 154 valence electrons. The third kappa shape index (κ3) is 5.59. The number of hydrogen-bond donors (Lipinski definition) is 2. The minimum absolute atomic E-state index is 0.360. The molecule has 2 aliphatic heterocycles. The number of rotatable bonds is 3. The molecular formula is C20H28N2O6. The summed E-state index contributed by atoms with van der Waals surface area (Å²) in [4.78, 5) is 23.5. The number of hydrogen-bond acceptors (Lipinski definition) is 6. The van der Waals surface area contributed by atoms with Gasteiger partial charge in [-0.25, -0.2) is 9.59 Å². The molecule has 2 fully saturated rings. The van der Waals surface area contributed by atoms with Crippen molar-refractivity contribution in [1.82, 2.24) is 9.80 Å². The lowest BCUT2D eigenvalue weighted by molar-refractivity contribution is -0.159. The second-order valence-corrected chi connectivity index (χ2v) is 7.40. The average molecular weight is 392 g/mol. The summed E-state index contributed by atoms with van der Waals surface area (Å²) in [5.74, 6) is -1.87. The molecule has 2 heterocycles. The smallest absolute Gasteiger partial charge is 0.414 e. The monoisotopic (exact) mass is 392 g/mol. The van der Waals surface area contributed by atoms with Crippen LogP contribution in [0, 0.1) is 0 Å². The third-order valence-electron chi connectivity index (χ3n) is 5.52. The van der Waals surface area contributed by atoms with E-state index in [1.54, 1.807) is 0 Å². The summed E-state index contributed by atoms with van der Waals surface area (Å²) in [7, 11) is 0. The van der Waals surface area contributed by atoms with Gasteiger partial charge in [-0.2, -0.15) is 0 Å². The van der Waals surface area contributed by atoms with Crippen molar-refractivity contribution in [3.8, 4) is 11.5 Å². The van der Waals surface area contributed by atoms with Crippen LogP contribution >= 0.6 is 0 Å². The van der Waals surface area contributed by atoms with Crippen LogP contribution in [0.4, 0.5) is 0 Å². The van der Waals surface area contributed by atoms with Crippen LogP contribution in [0.1, 0.15) is 37.7 Å². The van der Waals surface area contributed by atoms with E-state index < -0.39 is 11.9 Å². The molecule has 1 aliphatic carbocycles. The van der Waals surface area contributed by atoms with Crippen molar-refractivity contribution in [2.24, 2.45) is 0 Å². The van der Waals surface area contributed by atoms with Crippen molar-refractivity contribution in [2.45, 2.75) is 44.7 Å². The Balaban J connectivity index is 0.000000330. The summed E-state index contributed by atoms with van der Waals surface area (Å²) in [6, 6.07) is 7.20. The largest absolute Gasteiger partial charge is 0.473 e. The number of benzene rings is 1. The van der Waals surface area contributed by atoms with Crippen molar-refractivity contribution < 1.29 is 29.3 Å². The van der Waals surface area contributed by atoms with Crippen LogP contribution in [-0.2, 0) is 16.1 Å². The normalized spacial score (nSPS) is 20.3. The molecule has 1 saturated heterocycles. The van der Waals surface area contributed by atoms with Gasteiger partial charge in [0.1, 0.15) is 0 Å². The Morgan fingerprint density at radius 1 is 0.929 bits per heavy atom. The van der Waals surface area contributed by atoms with Crippen molar-refractivity contribution in [3.05, 3.63) is 23.8 Å². The van der Waals surface area contributed by atoms with Gasteiger partial charge in [-0.15, -0.1) is 0 Å². The minimum atomic E-state index is -1.82. The van der Waals surface area contributed by atoms with Gasteiger partial charge in [0.2, 0.25) is 6.79 Å². The lowest BCUT2D eigenvalue weighted by Crippen LogP contribution is -2.50. The van der Waals surface area contributed by atoms with Gasteiger partial charge in [-0.1, -0.05) is 25.3 Å². The standard InChI is InChI=1S/C18H26N2O2.C2H2O4/c1-2-4-16(5-3-1)20-10-8-19(9-11-20)13-15-6-7-17-18(12-15)22-14-21-17;3-1(4)2(5)6/h6-7,12,16H,1-5,8-11,13-14H2;(H,3,4)(H,5,6). The van der Waals surface area contributed by atoms with Crippen molar-refractivity contribution in [1.29, 1.82) is 0 Å². The topological polar surface area (TPSA) is 99.5 Å². The van der Waals surface area contributed by atoms with Crippen LogP contribution in [0.5, 0.6) is 11.5 Å². The van der Waals surface area contributed by atoms with Gasteiger partial charge in [-0.05, 0) is 30.5 Å². The lowest BCUT2D eigenvalue weighted by atomic mass is 9.94. The first-order chi connectivity index (χ1) is 13.5. The second kappa shape index (κ2) is 9.75. The van der Waals surface area contributed by atoms with E-state index in [9.17, 15) is 0 Å². The predicted molar refractivity (Wildman–Crippen MR) is 102 cm³/mol. The van der Waals surface area contributed by atoms with E-state index in [4.69, 9.17) is 29.3 Å². The molecule has 0 bridgehead atoms. The van der Waals surface area contributed by atoms with Crippen LogP contribution in [0.25, 0.3) is 0 Å². The van der Waals surface area contributed by atoms with E-state index in [1.807, 2.05) is 6.07 Å². The zero-order valence-electron chi connectivity index (χ0n) is 16.0. The molecule has 8 heteroatoms. The number of nitrogens with zero attached hydrogens (tertiary/aromatic N) is 2. The fraction of sp³-hybridized carbons (Fsp3) is 0.600. The molecule has 0 radical (unpaired) electrons. The van der Waals surface area contributed by atoms with E-state index in [0.29, 0.717) is 6.79 Å². The van der Waals surface area contributed by atoms with Crippen molar-refractivity contribution >= 4 is 11.9 Å². The molecule has 4 rings (SSSR count). The number of ether oxygens (including phenoxy) is 2. The first kappa shape index (κ1) is 20.4. The molecule has 1 aromatic rings. The summed E-state index contributed by atoms with van der Waals surface area (Å²) in [6.07, 6.45) is 7.15. The number of carboxylic acid groups (broad SMARTS) is 2. The predicted octanol–water partition coefficient (Wildman–Crippen LogP) is 2.02. The van der Waals surface area contributed by atoms with E-state index in [2.05, 4.69) is 21.9 Å². The molecular weight excluding hydrogens is 364 g/mol. The van der Waals surface area contributed by atoms with E-state index in [-0.39, 0.29) is 0 Å². The molecule has 2 N–H and O–H groups in total. The highest BCUT2D eigenvalue weighted by atomic mass is 16.7. The first-order valence-electron chi connectivity index (χ1n) is 9.84. The number of carboxylic acids is 2. The van der Waals surface area contributed by atoms with E-state index >= 15 is 0 Å². The summed E-state index contributed by atoms with van der Waals surface area (Å²) >= 11 is 0. The SMILES string of the molecule is O=C(O)C(=O)O.c1cc2c(cc1CN1CCN(C3CCCCC3)CC1)OCO2. The second-order valence-electron chi connectivity index (χ2n) is 7.40. The number of piperazine rings is 1. The molecule has 0 aromatic heterocycles. The molecule has 1 saturated carbocycles. The summed E-state index contributed by atoms with van der Waals surface area (Å²) < 4.78 is 10.9. The molecule has 8 nitrogen and oxygen atoms in total. The van der Waals surface area contributed by atoms with Crippen LogP contribution in [0.15, 0.2) is 18.2 Å². The van der Waals surface area contributed by atoms with Crippen LogP contribution in [0.2, 0.25) is 0 Å². The Kier molecular flexibility index (Phi) is 7.11. The summed E-state index contributed by atoms with van der Waals surface area (Å²) in [5, 5.41) is 14.8. The Hall–Kier alpha value is -2.32. The van der Waals surface area contributed by atoms with Crippen LogP contribution in [0.3, 0.4) is 0 Å². The summed E-state index contributed by atoms with van der Waals surface area (Å²) in [6.45, 7) is 6.22. The Labute approximate surface area is 164 Å². The highest BCUT2D eigenvalue weighted by Gasteiger charge is 2.25. The van der Waals surface area contributed by atoms with Crippen LogP contribution in [-0.4, -0.2) is 71.0 Å². The van der Waals surface area contributed by atoms with Gasteiger partial charge in [0.25, 0.3) is 0 Å². The maximum atomic E-state index is 9.10. The summed E-state index contributed by atoms with van der Waals surface area (Å²) in [5.41, 5.74) is 1.33. The molecule has 0 unspecified atom stereocenters. The lowest BCUT2D eigenvalue weighted by Gasteiger charge is -2.40. The van der Waals surface area contributed by atoms with Gasteiger partial charge in [0.15, 0.2) is 11.5 Å². The van der Waals surface area contributed by atoms with Gasteiger partial charge in [0, 0.05) is 38.8 Å². The van der Waals surface area contributed by atoms with Gasteiger partial charge < -0.3 is 19.7 Å². The zero-order chi connectivity index (χ0) is 19.9. The molecule has 0 atom stereocenters. The Bertz CT molecular complexity index is 669. The molecule has 0 spiro atoms. The highest BCUT2D eigenvalue weighted by Crippen LogP contribution is 2.33. The Morgan fingerprint density at radius 3 is 2.21 bits per heavy atom. The van der Waals surface area contributed by atoms with E-state index in [1.165, 1.54) is 63.8 Å². The van der Waals surface area contributed by atoms with E-state index in [0.717, 1.165) is 24.1 Å². The zero-order valence-corrected chi connectivity index (χ0v) is 16.0. The van der Waals surface area contributed by atoms with Gasteiger partial charge in [-0.3, -0.25) is 9.80 Å². The van der Waals surface area contributed by atoms with Crippen molar-refractivity contribution in [3.63, 3.8) is 0 Å². The Morgan fingerprint density at radius 2 is 1.57 bits per heavy atom. The highest BCUT2D eigenvalue weighted by molar-refractivity contribution is 6.27. The molecule has 28 heavy (non-hydrogen) atoms. The fourth-order valence-corrected chi connectivity index (χ4v) is 4.03. The van der Waals surface area contributed by atoms with Gasteiger partial charge in [0.05, 0.1) is 0 Å². The molecule has 0 amide bonds. The molecule has 1 aromatic carbocycles. The third-order valence-corrected chi connectivity index (χ3v) is 5.52.